The van der Waals surface area contributed by atoms with Crippen LogP contribution in [-0.4, -0.2) is 0 Å². The number of hydrogen-bond acceptors (Lipinski definition) is 1. The van der Waals surface area contributed by atoms with Crippen molar-refractivity contribution in [3.8, 4) is 22.3 Å². The standard InChI is InChI=1S/C38H31N/c1-27-12-8-10-18-35(27)38(30-15-6-3-7-16-30)36-19-11-9-17-33(36)34-25-24-32(26-37(34)38)39-31-22-20-29(21-23-31)28-13-4-2-5-14-28/h2-15,17-26,30,39H,16H2,1H3. The predicted octanol–water partition coefficient (Wildman–Crippen LogP) is 9.85. The maximum absolute atomic E-state index is 3.71. The van der Waals surface area contributed by atoms with E-state index < -0.39 is 0 Å². The number of hydrogen-bond donors (Lipinski definition) is 1. The maximum Gasteiger partial charge on any atom is 0.0532 e. The van der Waals surface area contributed by atoms with Crippen LogP contribution < -0.4 is 5.32 Å². The number of rotatable bonds is 5. The Labute approximate surface area is 231 Å². The quantitative estimate of drug-likeness (QED) is 0.253. The molecule has 0 bridgehead atoms. The SMILES string of the molecule is Cc1ccccc1C1(C2C=CC=CC2)c2ccccc2-c2ccc(Nc3ccc(-c4ccccc4)cc3)cc21. The van der Waals surface area contributed by atoms with Gasteiger partial charge in [0.1, 0.15) is 0 Å². The highest BCUT2D eigenvalue weighted by Gasteiger charge is 2.49. The predicted molar refractivity (Wildman–Crippen MR) is 164 cm³/mol. The van der Waals surface area contributed by atoms with E-state index in [1.165, 1.54) is 44.5 Å². The monoisotopic (exact) mass is 501 g/mol. The van der Waals surface area contributed by atoms with Crippen molar-refractivity contribution in [3.63, 3.8) is 0 Å². The molecule has 0 radical (unpaired) electrons. The van der Waals surface area contributed by atoms with Crippen molar-refractivity contribution in [1.82, 2.24) is 0 Å². The zero-order chi connectivity index (χ0) is 26.2. The Morgan fingerprint density at radius 1 is 0.590 bits per heavy atom. The van der Waals surface area contributed by atoms with Crippen molar-refractivity contribution < 1.29 is 0 Å². The van der Waals surface area contributed by atoms with E-state index in [-0.39, 0.29) is 5.41 Å². The summed E-state index contributed by atoms with van der Waals surface area (Å²) in [6, 6.07) is 44.2. The summed E-state index contributed by atoms with van der Waals surface area (Å²) in [4.78, 5) is 0. The molecular weight excluding hydrogens is 470 g/mol. The van der Waals surface area contributed by atoms with Crippen molar-refractivity contribution >= 4 is 11.4 Å². The number of allylic oxidation sites excluding steroid dienone is 4. The summed E-state index contributed by atoms with van der Waals surface area (Å²) in [5, 5.41) is 3.71. The van der Waals surface area contributed by atoms with Crippen LogP contribution in [0.25, 0.3) is 22.3 Å². The second kappa shape index (κ2) is 9.60. The molecule has 0 heterocycles. The minimum absolute atomic E-state index is 0.257. The Bertz CT molecular complexity index is 1710. The van der Waals surface area contributed by atoms with Crippen molar-refractivity contribution in [3.05, 3.63) is 168 Å². The van der Waals surface area contributed by atoms with Gasteiger partial charge in [0.25, 0.3) is 0 Å². The summed E-state index contributed by atoms with van der Waals surface area (Å²) in [6.07, 6.45) is 10.2. The van der Waals surface area contributed by atoms with E-state index in [0.717, 1.165) is 17.8 Å². The van der Waals surface area contributed by atoms with Crippen LogP contribution in [0.3, 0.4) is 0 Å². The molecule has 1 N–H and O–H groups in total. The van der Waals surface area contributed by atoms with Crippen LogP contribution in [0.15, 0.2) is 146 Å². The molecule has 0 fully saturated rings. The van der Waals surface area contributed by atoms with Crippen molar-refractivity contribution in [2.24, 2.45) is 5.92 Å². The van der Waals surface area contributed by atoms with Gasteiger partial charge < -0.3 is 5.32 Å². The molecule has 2 unspecified atom stereocenters. The molecule has 0 amide bonds. The van der Waals surface area contributed by atoms with Gasteiger partial charge in [-0.05, 0) is 88.0 Å². The summed E-state index contributed by atoms with van der Waals surface area (Å²) in [7, 11) is 0. The Morgan fingerprint density at radius 2 is 1.26 bits per heavy atom. The average molecular weight is 502 g/mol. The molecule has 1 nitrogen and oxygen atoms in total. The molecule has 5 aromatic rings. The molecule has 39 heavy (non-hydrogen) atoms. The highest BCUT2D eigenvalue weighted by molar-refractivity contribution is 5.86. The first-order chi connectivity index (χ1) is 19.2. The lowest BCUT2D eigenvalue weighted by Gasteiger charge is -2.40. The Morgan fingerprint density at radius 3 is 2.03 bits per heavy atom. The van der Waals surface area contributed by atoms with Gasteiger partial charge in [-0.2, -0.15) is 0 Å². The van der Waals surface area contributed by atoms with Gasteiger partial charge in [-0.25, -0.2) is 0 Å². The normalized spacial score (nSPS) is 18.9. The van der Waals surface area contributed by atoms with Gasteiger partial charge in [-0.1, -0.05) is 121 Å². The maximum atomic E-state index is 3.71. The fourth-order valence-electron chi connectivity index (χ4n) is 6.74. The summed E-state index contributed by atoms with van der Waals surface area (Å²) in [5.41, 5.74) is 12.6. The summed E-state index contributed by atoms with van der Waals surface area (Å²) >= 11 is 0. The molecule has 0 spiro atoms. The van der Waals surface area contributed by atoms with E-state index in [9.17, 15) is 0 Å². The second-order valence-corrected chi connectivity index (χ2v) is 10.7. The largest absolute Gasteiger partial charge is 0.356 e. The average Bonchev–Trinajstić information content (AvgIpc) is 3.29. The van der Waals surface area contributed by atoms with Crippen LogP contribution in [0.2, 0.25) is 0 Å². The molecule has 2 aliphatic rings. The first-order valence-corrected chi connectivity index (χ1v) is 13.8. The molecule has 0 saturated heterocycles. The molecule has 7 rings (SSSR count). The van der Waals surface area contributed by atoms with Gasteiger partial charge in [0.05, 0.1) is 5.41 Å². The van der Waals surface area contributed by atoms with E-state index in [4.69, 9.17) is 0 Å². The lowest BCUT2D eigenvalue weighted by molar-refractivity contribution is 0.455. The van der Waals surface area contributed by atoms with E-state index in [1.807, 2.05) is 0 Å². The fourth-order valence-corrected chi connectivity index (χ4v) is 6.74. The van der Waals surface area contributed by atoms with Gasteiger partial charge in [-0.3, -0.25) is 0 Å². The topological polar surface area (TPSA) is 12.0 Å². The van der Waals surface area contributed by atoms with Crippen LogP contribution in [0, 0.1) is 12.8 Å². The summed E-state index contributed by atoms with van der Waals surface area (Å²) < 4.78 is 0. The van der Waals surface area contributed by atoms with Crippen LogP contribution in [0.4, 0.5) is 11.4 Å². The number of aryl methyl sites for hydroxylation is 1. The first-order valence-electron chi connectivity index (χ1n) is 13.8. The van der Waals surface area contributed by atoms with Crippen LogP contribution in [0.1, 0.15) is 28.7 Å². The van der Waals surface area contributed by atoms with Crippen molar-refractivity contribution in [2.45, 2.75) is 18.8 Å². The Kier molecular flexibility index (Phi) is 5.78. The van der Waals surface area contributed by atoms with Crippen LogP contribution >= 0.6 is 0 Å². The lowest BCUT2D eigenvalue weighted by atomic mass is 9.61. The zero-order valence-corrected chi connectivity index (χ0v) is 22.1. The number of benzene rings is 5. The van der Waals surface area contributed by atoms with Gasteiger partial charge in [0, 0.05) is 11.4 Å². The molecule has 0 aromatic heterocycles. The Hall–Kier alpha value is -4.62. The smallest absolute Gasteiger partial charge is 0.0532 e. The molecule has 188 valence electrons. The van der Waals surface area contributed by atoms with E-state index >= 15 is 0 Å². The van der Waals surface area contributed by atoms with Crippen LogP contribution in [-0.2, 0) is 5.41 Å². The second-order valence-electron chi connectivity index (χ2n) is 10.7. The highest BCUT2D eigenvalue weighted by Crippen LogP contribution is 2.58. The third-order valence-electron chi connectivity index (χ3n) is 8.47. The van der Waals surface area contributed by atoms with Crippen LogP contribution in [0.5, 0.6) is 0 Å². The van der Waals surface area contributed by atoms with Crippen molar-refractivity contribution in [1.29, 1.82) is 0 Å². The first kappa shape index (κ1) is 23.5. The van der Waals surface area contributed by atoms with E-state index in [2.05, 4.69) is 158 Å². The van der Waals surface area contributed by atoms with Gasteiger partial charge in [-0.15, -0.1) is 0 Å². The van der Waals surface area contributed by atoms with E-state index in [1.54, 1.807) is 0 Å². The Balaban J connectivity index is 1.36. The van der Waals surface area contributed by atoms with Gasteiger partial charge in [0.15, 0.2) is 0 Å². The lowest BCUT2D eigenvalue weighted by Crippen LogP contribution is -2.36. The zero-order valence-electron chi connectivity index (χ0n) is 22.1. The molecule has 0 aliphatic heterocycles. The number of fused-ring (bicyclic) bond motifs is 3. The summed E-state index contributed by atoms with van der Waals surface area (Å²) in [5.74, 6) is 0.325. The minimum Gasteiger partial charge on any atom is -0.356 e. The van der Waals surface area contributed by atoms with E-state index in [0.29, 0.717) is 5.92 Å². The summed E-state index contributed by atoms with van der Waals surface area (Å²) in [6.45, 7) is 2.26. The highest BCUT2D eigenvalue weighted by atomic mass is 14.9. The third kappa shape index (κ3) is 3.85. The van der Waals surface area contributed by atoms with Gasteiger partial charge in [0.2, 0.25) is 0 Å². The van der Waals surface area contributed by atoms with Gasteiger partial charge >= 0.3 is 0 Å². The molecule has 0 saturated carbocycles. The third-order valence-corrected chi connectivity index (χ3v) is 8.47. The van der Waals surface area contributed by atoms with Crippen molar-refractivity contribution in [2.75, 3.05) is 5.32 Å². The fraction of sp³-hybridized carbons (Fsp3) is 0.105. The molecule has 2 aliphatic carbocycles. The molecule has 1 heteroatoms. The number of anilines is 2. The molecular formula is C38H31N. The molecule has 5 aromatic carbocycles. The molecule has 2 atom stereocenters. The minimum atomic E-state index is -0.257. The number of nitrogens with one attached hydrogen (secondary N) is 1.